The van der Waals surface area contributed by atoms with Crippen molar-refractivity contribution in [3.8, 4) is 0 Å². The zero-order valence-corrected chi connectivity index (χ0v) is 17.6. The molecule has 0 spiro atoms. The number of hydrogen-bond donors (Lipinski definition) is 0. The van der Waals surface area contributed by atoms with Crippen molar-refractivity contribution in [3.05, 3.63) is 70.5 Å². The van der Waals surface area contributed by atoms with Gasteiger partial charge in [0.15, 0.2) is 20.2 Å². The van der Waals surface area contributed by atoms with E-state index in [-0.39, 0.29) is 11.4 Å². The third-order valence-electron chi connectivity index (χ3n) is 4.48. The predicted octanol–water partition coefficient (Wildman–Crippen LogP) is 2.33. The summed E-state index contributed by atoms with van der Waals surface area (Å²) >= 11 is 1.20. The van der Waals surface area contributed by atoms with Crippen LogP contribution in [0.2, 0.25) is 0 Å². The minimum absolute atomic E-state index is 0.191. The lowest BCUT2D eigenvalue weighted by Gasteiger charge is -2.02. The second kappa shape index (κ2) is 7.54. The minimum Gasteiger partial charge on any atom is -0.408 e. The molecule has 4 aromatic rings. The number of para-hydroxylation sites is 2. The van der Waals surface area contributed by atoms with Crippen LogP contribution < -0.4 is 10.6 Å². The molecule has 2 aromatic heterocycles. The van der Waals surface area contributed by atoms with Gasteiger partial charge in [0.2, 0.25) is 0 Å². The van der Waals surface area contributed by atoms with Crippen LogP contribution >= 0.6 is 11.3 Å². The van der Waals surface area contributed by atoms with Crippen molar-refractivity contribution < 1.29 is 17.6 Å². The van der Waals surface area contributed by atoms with Gasteiger partial charge in [0.25, 0.3) is 5.91 Å². The van der Waals surface area contributed by atoms with Crippen LogP contribution in [-0.4, -0.2) is 29.7 Å². The Hall–Kier alpha value is -3.24. The van der Waals surface area contributed by atoms with E-state index in [9.17, 15) is 18.0 Å². The van der Waals surface area contributed by atoms with Crippen molar-refractivity contribution in [1.82, 2.24) is 9.13 Å². The Balaban J connectivity index is 1.79. The monoisotopic (exact) mass is 443 g/mol. The Labute approximate surface area is 174 Å². The normalized spacial score (nSPS) is 12.6. The number of benzene rings is 2. The molecule has 0 radical (unpaired) electrons. The van der Waals surface area contributed by atoms with Crippen molar-refractivity contribution in [2.75, 3.05) is 6.26 Å². The summed E-state index contributed by atoms with van der Waals surface area (Å²) in [4.78, 5) is 29.5. The first-order chi connectivity index (χ1) is 14.3. The first kappa shape index (κ1) is 20.0. The number of carbonyl (C=O) groups is 1. The first-order valence-electron chi connectivity index (χ1n) is 8.88. The molecule has 0 aliphatic rings. The van der Waals surface area contributed by atoms with Crippen LogP contribution in [0.3, 0.4) is 0 Å². The second-order valence-corrected chi connectivity index (χ2v) is 9.64. The molecule has 2 aromatic carbocycles. The third kappa shape index (κ3) is 3.66. The molecule has 0 atom stereocenters. The summed E-state index contributed by atoms with van der Waals surface area (Å²) in [6, 6.07) is 11.6. The molecule has 0 bridgehead atoms. The molecule has 0 saturated heterocycles. The number of amides is 1. The van der Waals surface area contributed by atoms with Crippen molar-refractivity contribution in [1.29, 1.82) is 0 Å². The highest BCUT2D eigenvalue weighted by atomic mass is 32.2. The number of nitrogens with zero attached hydrogens (tertiary/aromatic N) is 3. The zero-order chi connectivity index (χ0) is 21.5. The second-order valence-electron chi connectivity index (χ2n) is 6.61. The number of aromatic nitrogens is 2. The van der Waals surface area contributed by atoms with Crippen LogP contribution in [0.15, 0.2) is 74.2 Å². The molecule has 0 aliphatic carbocycles. The van der Waals surface area contributed by atoms with Crippen molar-refractivity contribution in [2.24, 2.45) is 4.99 Å². The summed E-state index contributed by atoms with van der Waals surface area (Å²) in [5.74, 6) is -1.16. The molecule has 0 saturated carbocycles. The van der Waals surface area contributed by atoms with Gasteiger partial charge < -0.3 is 8.98 Å². The summed E-state index contributed by atoms with van der Waals surface area (Å²) < 4.78 is 32.5. The quantitative estimate of drug-likeness (QED) is 0.441. The number of carbonyl (C=O) groups excluding carboxylic acids is 1. The maximum Gasteiger partial charge on any atom is 0.420 e. The Bertz CT molecular complexity index is 1530. The van der Waals surface area contributed by atoms with E-state index >= 15 is 0 Å². The molecule has 4 rings (SSSR count). The maximum atomic E-state index is 12.6. The molecule has 154 valence electrons. The van der Waals surface area contributed by atoms with Crippen molar-refractivity contribution in [2.45, 2.75) is 18.0 Å². The van der Waals surface area contributed by atoms with Crippen molar-refractivity contribution >= 4 is 48.4 Å². The molecular formula is C20H17N3O5S2. The van der Waals surface area contributed by atoms with Gasteiger partial charge in [-0.05, 0) is 30.3 Å². The number of rotatable bonds is 5. The Kier molecular flexibility index (Phi) is 5.04. The van der Waals surface area contributed by atoms with E-state index in [0.29, 0.717) is 27.1 Å². The topological polar surface area (TPSA) is 104 Å². The van der Waals surface area contributed by atoms with E-state index in [1.807, 2.05) is 0 Å². The van der Waals surface area contributed by atoms with Crippen LogP contribution in [0.25, 0.3) is 21.3 Å². The van der Waals surface area contributed by atoms with Crippen LogP contribution in [0.1, 0.15) is 0 Å². The van der Waals surface area contributed by atoms with E-state index in [0.717, 1.165) is 11.8 Å². The molecule has 0 fully saturated rings. The minimum atomic E-state index is -3.36. The van der Waals surface area contributed by atoms with Gasteiger partial charge in [0.05, 0.1) is 20.6 Å². The van der Waals surface area contributed by atoms with Gasteiger partial charge in [-0.3, -0.25) is 9.36 Å². The fourth-order valence-electron chi connectivity index (χ4n) is 3.12. The maximum absolute atomic E-state index is 12.6. The molecule has 2 heterocycles. The third-order valence-corrected chi connectivity index (χ3v) is 6.63. The number of hydrogen-bond acceptors (Lipinski definition) is 6. The van der Waals surface area contributed by atoms with Gasteiger partial charge in [0, 0.05) is 12.8 Å². The van der Waals surface area contributed by atoms with E-state index in [1.54, 1.807) is 47.0 Å². The average Bonchev–Trinajstić information content (AvgIpc) is 3.18. The fourth-order valence-corrected chi connectivity index (χ4v) is 4.93. The lowest BCUT2D eigenvalue weighted by molar-refractivity contribution is -0.118. The zero-order valence-electron chi connectivity index (χ0n) is 15.9. The summed E-state index contributed by atoms with van der Waals surface area (Å²) in [5.41, 5.74) is 1.65. The lowest BCUT2D eigenvalue weighted by Crippen LogP contribution is -2.22. The van der Waals surface area contributed by atoms with Gasteiger partial charge in [-0.2, -0.15) is 4.99 Å². The molecule has 10 heteroatoms. The van der Waals surface area contributed by atoms with Gasteiger partial charge in [-0.25, -0.2) is 13.2 Å². The number of oxazole rings is 1. The number of allylic oxidation sites excluding steroid dienone is 1. The summed E-state index contributed by atoms with van der Waals surface area (Å²) in [6.07, 6.45) is 2.80. The highest BCUT2D eigenvalue weighted by Crippen LogP contribution is 2.22. The average molecular weight is 444 g/mol. The molecule has 30 heavy (non-hydrogen) atoms. The van der Waals surface area contributed by atoms with E-state index in [2.05, 4.69) is 11.6 Å². The van der Waals surface area contributed by atoms with Crippen LogP contribution in [0.5, 0.6) is 0 Å². The smallest absolute Gasteiger partial charge is 0.408 e. The number of sulfone groups is 1. The Morgan fingerprint density at radius 3 is 2.70 bits per heavy atom. The summed E-state index contributed by atoms with van der Waals surface area (Å²) in [7, 11) is -3.36. The lowest BCUT2D eigenvalue weighted by atomic mass is 10.3. The SMILES string of the molecule is C=CCn1c(=NC(=O)Cn2c(=O)oc3ccccc32)sc2cc(S(C)(=O)=O)ccc21. The van der Waals surface area contributed by atoms with Gasteiger partial charge >= 0.3 is 5.76 Å². The van der Waals surface area contributed by atoms with E-state index in [1.165, 1.54) is 22.0 Å². The highest BCUT2D eigenvalue weighted by Gasteiger charge is 2.14. The van der Waals surface area contributed by atoms with Crippen LogP contribution in [-0.2, 0) is 27.7 Å². The van der Waals surface area contributed by atoms with Gasteiger partial charge in [-0.1, -0.05) is 29.5 Å². The Morgan fingerprint density at radius 2 is 1.97 bits per heavy atom. The van der Waals surface area contributed by atoms with E-state index in [4.69, 9.17) is 4.42 Å². The number of fused-ring (bicyclic) bond motifs is 2. The fraction of sp³-hybridized carbons (Fsp3) is 0.150. The summed E-state index contributed by atoms with van der Waals surface area (Å²) in [6.45, 7) is 3.85. The van der Waals surface area contributed by atoms with E-state index < -0.39 is 21.5 Å². The number of thiazole rings is 1. The van der Waals surface area contributed by atoms with Crippen LogP contribution in [0, 0.1) is 0 Å². The molecule has 0 aliphatic heterocycles. The molecule has 0 N–H and O–H groups in total. The largest absolute Gasteiger partial charge is 0.420 e. The van der Waals surface area contributed by atoms with Gasteiger partial charge in [0.1, 0.15) is 6.54 Å². The van der Waals surface area contributed by atoms with Crippen molar-refractivity contribution in [3.63, 3.8) is 0 Å². The highest BCUT2D eigenvalue weighted by molar-refractivity contribution is 7.90. The predicted molar refractivity (Wildman–Crippen MR) is 114 cm³/mol. The van der Waals surface area contributed by atoms with Gasteiger partial charge in [-0.15, -0.1) is 6.58 Å². The molecular weight excluding hydrogens is 426 g/mol. The van der Waals surface area contributed by atoms with Crippen LogP contribution in [0.4, 0.5) is 0 Å². The Morgan fingerprint density at radius 1 is 1.20 bits per heavy atom. The first-order valence-corrected chi connectivity index (χ1v) is 11.6. The summed E-state index contributed by atoms with van der Waals surface area (Å²) in [5, 5.41) is 0. The molecule has 0 unspecified atom stereocenters. The standard InChI is InChI=1S/C20H17N3O5S2/c1-3-10-22-15-9-8-13(30(2,26)27)11-17(15)29-19(22)21-18(24)12-23-14-6-4-5-7-16(14)28-20(23)25/h3-9,11H,1,10,12H2,2H3. The molecule has 1 amide bonds. The molecule has 8 nitrogen and oxygen atoms in total.